The van der Waals surface area contributed by atoms with Crippen molar-refractivity contribution in [2.24, 2.45) is 0 Å². The van der Waals surface area contributed by atoms with Gasteiger partial charge in [-0.15, -0.1) is 0 Å². The summed E-state index contributed by atoms with van der Waals surface area (Å²) >= 11 is 0. The van der Waals surface area contributed by atoms with E-state index in [1.54, 1.807) is 25.6 Å². The normalized spacial score (nSPS) is 10.4. The van der Waals surface area contributed by atoms with Gasteiger partial charge >= 0.3 is 0 Å². The zero-order valence-electron chi connectivity index (χ0n) is 11.8. The maximum Gasteiger partial charge on any atom is 0.150 e. The minimum absolute atomic E-state index is 0.0773. The van der Waals surface area contributed by atoms with Crippen LogP contribution in [0.25, 0.3) is 11.1 Å². The minimum atomic E-state index is 0.0773. The Hall–Kier alpha value is -2.36. The number of carbonyl (C=O) groups excluding carboxylic acids is 1. The molecule has 0 unspecified atom stereocenters. The van der Waals surface area contributed by atoms with Crippen molar-refractivity contribution >= 4 is 6.29 Å². The Labute approximate surface area is 118 Å². The Balaban J connectivity index is 2.43. The summed E-state index contributed by atoms with van der Waals surface area (Å²) in [6.45, 7) is 3.91. The highest BCUT2D eigenvalue weighted by Crippen LogP contribution is 2.28. The van der Waals surface area contributed by atoms with Gasteiger partial charge < -0.3 is 9.47 Å². The van der Waals surface area contributed by atoms with Crippen molar-refractivity contribution in [1.29, 1.82) is 0 Å². The highest BCUT2D eigenvalue weighted by molar-refractivity contribution is 5.88. The van der Waals surface area contributed by atoms with E-state index in [9.17, 15) is 4.79 Å². The zero-order valence-corrected chi connectivity index (χ0v) is 11.8. The van der Waals surface area contributed by atoms with Gasteiger partial charge in [-0.05, 0) is 43.7 Å². The molecule has 0 amide bonds. The average molecular weight is 271 g/mol. The van der Waals surface area contributed by atoms with E-state index in [0.29, 0.717) is 17.1 Å². The molecule has 4 nitrogen and oxygen atoms in total. The van der Waals surface area contributed by atoms with Gasteiger partial charge in [-0.1, -0.05) is 0 Å². The number of pyridine rings is 1. The lowest BCUT2D eigenvalue weighted by Crippen LogP contribution is -2.05. The minimum Gasteiger partial charge on any atom is -0.497 e. The van der Waals surface area contributed by atoms with Crippen LogP contribution in [-0.4, -0.2) is 24.5 Å². The van der Waals surface area contributed by atoms with Gasteiger partial charge in [0.05, 0.1) is 19.4 Å². The van der Waals surface area contributed by atoms with Gasteiger partial charge in [-0.3, -0.25) is 9.78 Å². The first kappa shape index (κ1) is 14.1. The maximum atomic E-state index is 11.2. The highest BCUT2D eigenvalue weighted by atomic mass is 16.5. The molecule has 0 aliphatic rings. The summed E-state index contributed by atoms with van der Waals surface area (Å²) in [4.78, 5) is 15.4. The summed E-state index contributed by atoms with van der Waals surface area (Å²) in [5.41, 5.74) is 2.21. The molecule has 0 atom stereocenters. The molecule has 0 saturated heterocycles. The smallest absolute Gasteiger partial charge is 0.150 e. The first-order chi connectivity index (χ1) is 9.63. The van der Waals surface area contributed by atoms with E-state index in [1.807, 2.05) is 32.0 Å². The van der Waals surface area contributed by atoms with Crippen molar-refractivity contribution in [3.8, 4) is 22.6 Å². The number of methoxy groups -OCH3 is 1. The Morgan fingerprint density at radius 3 is 2.60 bits per heavy atom. The number of aldehydes is 1. The van der Waals surface area contributed by atoms with Crippen LogP contribution in [0.15, 0.2) is 36.7 Å². The van der Waals surface area contributed by atoms with Gasteiger partial charge in [0.1, 0.15) is 11.5 Å². The summed E-state index contributed by atoms with van der Waals surface area (Å²) < 4.78 is 10.7. The first-order valence-electron chi connectivity index (χ1n) is 6.39. The van der Waals surface area contributed by atoms with E-state index in [2.05, 4.69) is 4.98 Å². The van der Waals surface area contributed by atoms with Gasteiger partial charge in [0.25, 0.3) is 0 Å². The number of hydrogen-bond donors (Lipinski definition) is 0. The van der Waals surface area contributed by atoms with Crippen LogP contribution in [0.4, 0.5) is 0 Å². The molecule has 0 N–H and O–H groups in total. The molecule has 104 valence electrons. The lowest BCUT2D eigenvalue weighted by Gasteiger charge is -2.11. The Kier molecular flexibility index (Phi) is 4.35. The van der Waals surface area contributed by atoms with E-state index in [1.165, 1.54) is 0 Å². The molecule has 20 heavy (non-hydrogen) atoms. The molecular weight excluding hydrogens is 254 g/mol. The second kappa shape index (κ2) is 6.19. The Bertz CT molecular complexity index is 608. The van der Waals surface area contributed by atoms with E-state index >= 15 is 0 Å². The van der Waals surface area contributed by atoms with E-state index in [4.69, 9.17) is 9.47 Å². The van der Waals surface area contributed by atoms with Gasteiger partial charge in [0.2, 0.25) is 0 Å². The standard InChI is InChI=1S/C16H17NO3/c1-11(2)20-15-6-12(8-17-9-15)16-5-4-14(19-3)7-13(16)10-18/h4-11H,1-3H3. The molecule has 0 aliphatic heterocycles. The van der Waals surface area contributed by atoms with Crippen molar-refractivity contribution in [2.75, 3.05) is 7.11 Å². The number of rotatable bonds is 5. The molecule has 0 aliphatic carbocycles. The summed E-state index contributed by atoms with van der Waals surface area (Å²) in [6.07, 6.45) is 4.26. The summed E-state index contributed by atoms with van der Waals surface area (Å²) in [6, 6.07) is 7.25. The molecule has 1 heterocycles. The molecule has 0 radical (unpaired) electrons. The summed E-state index contributed by atoms with van der Waals surface area (Å²) in [5, 5.41) is 0. The predicted molar refractivity (Wildman–Crippen MR) is 77.4 cm³/mol. The Morgan fingerprint density at radius 2 is 1.95 bits per heavy atom. The molecule has 0 fully saturated rings. The number of ether oxygens (including phenoxy) is 2. The highest BCUT2D eigenvalue weighted by Gasteiger charge is 2.08. The number of nitrogens with zero attached hydrogens (tertiary/aromatic N) is 1. The van der Waals surface area contributed by atoms with Crippen LogP contribution in [0, 0.1) is 0 Å². The van der Waals surface area contributed by atoms with Crippen molar-refractivity contribution in [3.05, 3.63) is 42.2 Å². The van der Waals surface area contributed by atoms with E-state index in [0.717, 1.165) is 17.4 Å². The fraction of sp³-hybridized carbons (Fsp3) is 0.250. The fourth-order valence-electron chi connectivity index (χ4n) is 1.93. The second-order valence-electron chi connectivity index (χ2n) is 4.65. The second-order valence-corrected chi connectivity index (χ2v) is 4.65. The topological polar surface area (TPSA) is 48.4 Å². The quantitative estimate of drug-likeness (QED) is 0.782. The molecule has 4 heteroatoms. The molecule has 2 rings (SSSR count). The van der Waals surface area contributed by atoms with Gasteiger partial charge in [0, 0.05) is 17.3 Å². The number of aromatic nitrogens is 1. The van der Waals surface area contributed by atoms with E-state index < -0.39 is 0 Å². The van der Waals surface area contributed by atoms with Crippen molar-refractivity contribution in [1.82, 2.24) is 4.98 Å². The maximum absolute atomic E-state index is 11.2. The first-order valence-corrected chi connectivity index (χ1v) is 6.39. The molecule has 0 saturated carbocycles. The monoisotopic (exact) mass is 271 g/mol. The number of hydrogen-bond acceptors (Lipinski definition) is 4. The van der Waals surface area contributed by atoms with Crippen LogP contribution < -0.4 is 9.47 Å². The van der Waals surface area contributed by atoms with Crippen LogP contribution in [0.2, 0.25) is 0 Å². The van der Waals surface area contributed by atoms with Gasteiger partial charge in [-0.25, -0.2) is 0 Å². The van der Waals surface area contributed by atoms with Crippen LogP contribution in [0.5, 0.6) is 11.5 Å². The van der Waals surface area contributed by atoms with E-state index in [-0.39, 0.29) is 6.10 Å². The van der Waals surface area contributed by atoms with Crippen molar-refractivity contribution in [3.63, 3.8) is 0 Å². The largest absolute Gasteiger partial charge is 0.497 e. The lowest BCUT2D eigenvalue weighted by atomic mass is 10.0. The number of carbonyl (C=O) groups is 1. The molecule has 0 spiro atoms. The molecule has 1 aromatic carbocycles. The molecule has 1 aromatic heterocycles. The molecular formula is C16H17NO3. The fourth-order valence-corrected chi connectivity index (χ4v) is 1.93. The van der Waals surface area contributed by atoms with Crippen LogP contribution >= 0.6 is 0 Å². The number of benzene rings is 1. The third-order valence-electron chi connectivity index (χ3n) is 2.78. The molecule has 2 aromatic rings. The van der Waals surface area contributed by atoms with Gasteiger partial charge in [0.15, 0.2) is 6.29 Å². The summed E-state index contributed by atoms with van der Waals surface area (Å²) in [7, 11) is 1.57. The van der Waals surface area contributed by atoms with Crippen molar-refractivity contribution in [2.45, 2.75) is 20.0 Å². The lowest BCUT2D eigenvalue weighted by molar-refractivity contribution is 0.112. The van der Waals surface area contributed by atoms with Crippen LogP contribution in [-0.2, 0) is 0 Å². The average Bonchev–Trinajstić information content (AvgIpc) is 2.46. The van der Waals surface area contributed by atoms with Gasteiger partial charge in [-0.2, -0.15) is 0 Å². The predicted octanol–water partition coefficient (Wildman–Crippen LogP) is 3.36. The Morgan fingerprint density at radius 1 is 1.15 bits per heavy atom. The third kappa shape index (κ3) is 3.15. The van der Waals surface area contributed by atoms with Crippen LogP contribution in [0.3, 0.4) is 0 Å². The SMILES string of the molecule is COc1ccc(-c2cncc(OC(C)C)c2)c(C=O)c1. The summed E-state index contributed by atoms with van der Waals surface area (Å²) in [5.74, 6) is 1.34. The van der Waals surface area contributed by atoms with Crippen LogP contribution in [0.1, 0.15) is 24.2 Å². The third-order valence-corrected chi connectivity index (χ3v) is 2.78. The molecule has 0 bridgehead atoms. The van der Waals surface area contributed by atoms with Crippen molar-refractivity contribution < 1.29 is 14.3 Å². The zero-order chi connectivity index (χ0) is 14.5.